The number of benzene rings is 1. The predicted octanol–water partition coefficient (Wildman–Crippen LogP) is 2.48. The van der Waals surface area contributed by atoms with Gasteiger partial charge in [0, 0.05) is 5.56 Å². The summed E-state index contributed by atoms with van der Waals surface area (Å²) in [6.45, 7) is 0. The highest BCUT2D eigenvalue weighted by Crippen LogP contribution is 2.37. The molecule has 0 radical (unpaired) electrons. The highest BCUT2D eigenvalue weighted by Gasteiger charge is 2.52. The smallest absolute Gasteiger partial charge is 0.300 e. The summed E-state index contributed by atoms with van der Waals surface area (Å²) in [7, 11) is 0. The Hall–Kier alpha value is -1.76. The highest BCUT2D eigenvalue weighted by atomic mass is 32.2. The molecule has 1 atom stereocenters. The fourth-order valence-corrected chi connectivity index (χ4v) is 1.70. The number of nitrogens with zero attached hydrogens (tertiary/aromatic N) is 2. The number of hydrogen-bond acceptors (Lipinski definition) is 6. The first kappa shape index (κ1) is 10.7. The van der Waals surface area contributed by atoms with Crippen LogP contribution in [0, 0.1) is 10.3 Å². The predicted molar refractivity (Wildman–Crippen MR) is 59.0 cm³/mol. The van der Waals surface area contributed by atoms with E-state index in [4.69, 9.17) is 5.41 Å². The second kappa shape index (κ2) is 4.01. The van der Waals surface area contributed by atoms with E-state index in [9.17, 15) is 8.79 Å². The Morgan fingerprint density at radius 3 is 2.69 bits per heavy atom. The van der Waals surface area contributed by atoms with Crippen molar-refractivity contribution in [3.8, 4) is 0 Å². The van der Waals surface area contributed by atoms with Crippen LogP contribution in [0.25, 0.3) is 0 Å². The van der Waals surface area contributed by atoms with Crippen LogP contribution in [0.4, 0.5) is 3.89 Å². The SMILES string of the molecule is N=C1ON=C(c2ccccc2)C1(N=O)SF. The average molecular weight is 239 g/mol. The number of nitrogens with one attached hydrogen (secondary N) is 1. The maximum Gasteiger partial charge on any atom is 0.300 e. The highest BCUT2D eigenvalue weighted by molar-refractivity contribution is 7.97. The molecule has 1 unspecified atom stereocenters. The third kappa shape index (κ3) is 1.40. The second-order valence-electron chi connectivity index (χ2n) is 3.04. The van der Waals surface area contributed by atoms with Crippen LogP contribution in [-0.4, -0.2) is 16.5 Å². The van der Waals surface area contributed by atoms with Crippen molar-refractivity contribution in [1.29, 1.82) is 5.41 Å². The molecule has 1 aliphatic rings. The molecule has 1 heterocycles. The van der Waals surface area contributed by atoms with Gasteiger partial charge in [-0.3, -0.25) is 5.41 Å². The molecule has 0 bridgehead atoms. The van der Waals surface area contributed by atoms with Gasteiger partial charge in [-0.1, -0.05) is 35.5 Å². The molecule has 0 saturated carbocycles. The molecule has 1 N–H and O–H groups in total. The maximum atomic E-state index is 12.9. The van der Waals surface area contributed by atoms with Crippen molar-refractivity contribution in [1.82, 2.24) is 0 Å². The molecule has 16 heavy (non-hydrogen) atoms. The van der Waals surface area contributed by atoms with Gasteiger partial charge in [-0.2, -0.15) is 3.89 Å². The van der Waals surface area contributed by atoms with Crippen LogP contribution in [0.1, 0.15) is 5.56 Å². The van der Waals surface area contributed by atoms with Gasteiger partial charge in [0.25, 0.3) is 10.8 Å². The molecule has 0 saturated heterocycles. The average Bonchev–Trinajstić information content (AvgIpc) is 2.68. The molecule has 0 spiro atoms. The van der Waals surface area contributed by atoms with Gasteiger partial charge in [0.1, 0.15) is 5.71 Å². The summed E-state index contributed by atoms with van der Waals surface area (Å²) in [5, 5.41) is 13.5. The summed E-state index contributed by atoms with van der Waals surface area (Å²) < 4.78 is 12.9. The van der Waals surface area contributed by atoms with Gasteiger partial charge in [-0.05, 0) is 5.18 Å². The van der Waals surface area contributed by atoms with Crippen LogP contribution >= 0.6 is 12.1 Å². The zero-order valence-electron chi connectivity index (χ0n) is 7.88. The quantitative estimate of drug-likeness (QED) is 0.823. The molecule has 0 amide bonds. The molecule has 2 rings (SSSR count). The molecule has 5 nitrogen and oxygen atoms in total. The van der Waals surface area contributed by atoms with Gasteiger partial charge in [0.15, 0.2) is 0 Å². The van der Waals surface area contributed by atoms with Gasteiger partial charge >= 0.3 is 0 Å². The van der Waals surface area contributed by atoms with Gasteiger partial charge in [0.2, 0.25) is 0 Å². The third-order valence-corrected chi connectivity index (χ3v) is 2.82. The zero-order chi connectivity index (χ0) is 11.6. The van der Waals surface area contributed by atoms with Crippen LogP contribution in [0.3, 0.4) is 0 Å². The molecule has 0 aromatic heterocycles. The monoisotopic (exact) mass is 239 g/mol. The van der Waals surface area contributed by atoms with E-state index >= 15 is 0 Å². The molecule has 82 valence electrons. The number of rotatable bonds is 3. The first-order chi connectivity index (χ1) is 7.74. The van der Waals surface area contributed by atoms with Crippen molar-refractivity contribution in [3.05, 3.63) is 40.8 Å². The van der Waals surface area contributed by atoms with E-state index in [0.717, 1.165) is 0 Å². The lowest BCUT2D eigenvalue weighted by molar-refractivity contribution is 0.332. The van der Waals surface area contributed by atoms with E-state index < -0.39 is 10.8 Å². The van der Waals surface area contributed by atoms with Crippen LogP contribution in [0.2, 0.25) is 0 Å². The van der Waals surface area contributed by atoms with Gasteiger partial charge in [-0.25, -0.2) is 0 Å². The van der Waals surface area contributed by atoms with Crippen molar-refractivity contribution in [3.63, 3.8) is 0 Å². The fraction of sp³-hybridized carbons (Fsp3) is 0.111. The summed E-state index contributed by atoms with van der Waals surface area (Å²) in [4.78, 5) is 13.3. The van der Waals surface area contributed by atoms with E-state index in [2.05, 4.69) is 15.2 Å². The van der Waals surface area contributed by atoms with Crippen molar-refractivity contribution in [2.75, 3.05) is 0 Å². The summed E-state index contributed by atoms with van der Waals surface area (Å²) in [5.41, 5.74) is 0.495. The molecule has 0 fully saturated rings. The van der Waals surface area contributed by atoms with E-state index in [-0.39, 0.29) is 17.9 Å². The van der Waals surface area contributed by atoms with Gasteiger partial charge in [0.05, 0.1) is 12.1 Å². The van der Waals surface area contributed by atoms with Crippen LogP contribution in [-0.2, 0) is 4.84 Å². The number of hydrogen-bond donors (Lipinski definition) is 1. The van der Waals surface area contributed by atoms with Gasteiger partial charge in [-0.15, -0.1) is 4.91 Å². The molecule has 7 heteroatoms. The van der Waals surface area contributed by atoms with E-state index in [1.165, 1.54) is 0 Å². The molecule has 1 aromatic carbocycles. The molecule has 1 aliphatic heterocycles. The summed E-state index contributed by atoms with van der Waals surface area (Å²) >= 11 is -0.369. The van der Waals surface area contributed by atoms with Gasteiger partial charge < -0.3 is 4.84 Å². The normalized spacial score (nSPS) is 23.8. The van der Waals surface area contributed by atoms with Crippen LogP contribution in [0.5, 0.6) is 0 Å². The Labute approximate surface area is 94.4 Å². The van der Waals surface area contributed by atoms with Crippen molar-refractivity contribution < 1.29 is 8.72 Å². The Morgan fingerprint density at radius 1 is 1.44 bits per heavy atom. The summed E-state index contributed by atoms with van der Waals surface area (Å²) in [5.74, 6) is -0.617. The standard InChI is InChI=1S/C9H6FN3O2S/c10-16-9(13-14)7(12-15-8(9)11)6-4-2-1-3-5-6/h1-5,11H. The fourth-order valence-electron chi connectivity index (χ4n) is 1.34. The molecule has 0 aliphatic carbocycles. The number of halogens is 1. The minimum Gasteiger partial charge on any atom is -0.337 e. The van der Waals surface area contributed by atoms with E-state index in [1.54, 1.807) is 30.3 Å². The Bertz CT molecular complexity index is 465. The Morgan fingerprint density at radius 2 is 2.12 bits per heavy atom. The lowest BCUT2D eigenvalue weighted by Crippen LogP contribution is -2.36. The molecule has 1 aromatic rings. The van der Waals surface area contributed by atoms with Crippen molar-refractivity contribution in [2.45, 2.75) is 4.87 Å². The molecular formula is C9H6FN3O2S. The van der Waals surface area contributed by atoms with Crippen LogP contribution < -0.4 is 0 Å². The number of oxime groups is 1. The Kier molecular flexibility index (Phi) is 2.69. The van der Waals surface area contributed by atoms with Crippen LogP contribution in [0.15, 0.2) is 40.7 Å². The lowest BCUT2D eigenvalue weighted by atomic mass is 10.0. The lowest BCUT2D eigenvalue weighted by Gasteiger charge is -2.13. The van der Waals surface area contributed by atoms with E-state index in [1.807, 2.05) is 0 Å². The Balaban J connectivity index is 2.50. The first-order valence-corrected chi connectivity index (χ1v) is 5.00. The van der Waals surface area contributed by atoms with E-state index in [0.29, 0.717) is 5.56 Å². The topological polar surface area (TPSA) is 74.9 Å². The minimum atomic E-state index is -2.01. The summed E-state index contributed by atoms with van der Waals surface area (Å²) in [6.07, 6.45) is 0. The third-order valence-electron chi connectivity index (χ3n) is 2.14. The maximum absolute atomic E-state index is 12.9. The summed E-state index contributed by atoms with van der Waals surface area (Å²) in [6, 6.07) is 8.45. The van der Waals surface area contributed by atoms with Crippen molar-refractivity contribution in [2.24, 2.45) is 10.3 Å². The zero-order valence-corrected chi connectivity index (χ0v) is 8.70. The second-order valence-corrected chi connectivity index (χ2v) is 3.78. The first-order valence-electron chi connectivity index (χ1n) is 4.29. The number of nitroso groups, excluding NO2 is 1. The minimum absolute atomic E-state index is 0.000556. The largest absolute Gasteiger partial charge is 0.337 e. The molecular weight excluding hydrogens is 233 g/mol. The van der Waals surface area contributed by atoms with Crippen molar-refractivity contribution >= 4 is 23.8 Å².